The third-order valence-corrected chi connectivity index (χ3v) is 7.30. The topological polar surface area (TPSA) is 70.3 Å². The summed E-state index contributed by atoms with van der Waals surface area (Å²) in [4.78, 5) is 13.4. The molecule has 174 valence electrons. The normalized spacial score (nSPS) is 11.5. The Morgan fingerprint density at radius 2 is 1.09 bits per heavy atom. The van der Waals surface area contributed by atoms with E-state index in [1.165, 1.54) is 29.1 Å². The maximum Gasteiger partial charge on any atom is 0.343 e. The molecule has 6 nitrogen and oxygen atoms in total. The second-order valence-electron chi connectivity index (χ2n) is 7.90. The van der Waals surface area contributed by atoms with Gasteiger partial charge in [0.1, 0.15) is 11.5 Å². The van der Waals surface area contributed by atoms with Crippen LogP contribution in [0.1, 0.15) is 17.2 Å². The van der Waals surface area contributed by atoms with Crippen molar-refractivity contribution in [3.63, 3.8) is 0 Å². The highest BCUT2D eigenvalue weighted by Gasteiger charge is 2.25. The Kier molecular flexibility index (Phi) is 6.08. The third-order valence-electron chi connectivity index (χ3n) is 5.64. The predicted octanol–water partition coefficient (Wildman–Crippen LogP) is 5.32. The van der Waals surface area contributed by atoms with Gasteiger partial charge in [-0.3, -0.25) is 4.57 Å². The Hall–Kier alpha value is -4.36. The van der Waals surface area contributed by atoms with E-state index < -0.39 is 21.8 Å². The van der Waals surface area contributed by atoms with Crippen molar-refractivity contribution in [2.75, 3.05) is 0 Å². The predicted molar refractivity (Wildman–Crippen MR) is 134 cm³/mol. The molecule has 0 N–H and O–H groups in total. The summed E-state index contributed by atoms with van der Waals surface area (Å²) in [5.41, 5.74) is 1.10. The lowest BCUT2D eigenvalue weighted by Gasteiger charge is -2.19. The third kappa shape index (κ3) is 4.54. The van der Waals surface area contributed by atoms with Gasteiger partial charge < -0.3 is 4.74 Å². The first-order valence-electron chi connectivity index (χ1n) is 11.0. The van der Waals surface area contributed by atoms with Gasteiger partial charge in [-0.05, 0) is 47.5 Å². The van der Waals surface area contributed by atoms with Gasteiger partial charge in [-0.15, -0.1) is 0 Å². The van der Waals surface area contributed by atoms with E-state index in [0.29, 0.717) is 11.5 Å². The Morgan fingerprint density at radius 3 is 1.63 bits per heavy atom. The van der Waals surface area contributed by atoms with Gasteiger partial charge in [0.05, 0.1) is 10.9 Å². The highest BCUT2D eigenvalue weighted by atomic mass is 32.2. The highest BCUT2D eigenvalue weighted by molar-refractivity contribution is 7.90. The Bertz CT molecular complexity index is 1540. The Balaban J connectivity index is 1.50. The number of nitrogens with zero attached hydrogens (tertiary/aromatic N) is 2. The second-order valence-corrected chi connectivity index (χ2v) is 9.71. The van der Waals surface area contributed by atoms with Gasteiger partial charge >= 0.3 is 5.69 Å². The number of para-hydroxylation sites is 1. The zero-order chi connectivity index (χ0) is 24.3. The van der Waals surface area contributed by atoms with E-state index in [0.717, 1.165) is 15.1 Å². The average molecular weight is 483 g/mol. The Labute approximate surface area is 203 Å². The molecule has 0 spiro atoms. The zero-order valence-electron chi connectivity index (χ0n) is 18.6. The van der Waals surface area contributed by atoms with Gasteiger partial charge in [-0.2, -0.15) is 3.97 Å². The van der Waals surface area contributed by atoms with Gasteiger partial charge in [0.2, 0.25) is 0 Å². The van der Waals surface area contributed by atoms with Crippen molar-refractivity contribution in [3.05, 3.63) is 149 Å². The van der Waals surface area contributed by atoms with E-state index in [1.54, 1.807) is 12.1 Å². The lowest BCUT2D eigenvalue weighted by molar-refractivity contribution is 0.482. The van der Waals surface area contributed by atoms with Crippen LogP contribution >= 0.6 is 0 Å². The van der Waals surface area contributed by atoms with Crippen molar-refractivity contribution >= 4 is 10.0 Å². The number of benzene rings is 4. The van der Waals surface area contributed by atoms with E-state index in [9.17, 15) is 13.2 Å². The van der Waals surface area contributed by atoms with E-state index >= 15 is 0 Å². The number of rotatable bonds is 7. The summed E-state index contributed by atoms with van der Waals surface area (Å²) in [6, 6.07) is 33.8. The molecule has 1 heterocycles. The average Bonchev–Trinajstić information content (AvgIpc) is 3.28. The molecule has 1 aromatic heterocycles. The quantitative estimate of drug-likeness (QED) is 0.315. The van der Waals surface area contributed by atoms with Crippen molar-refractivity contribution in [2.45, 2.75) is 10.9 Å². The summed E-state index contributed by atoms with van der Waals surface area (Å²) >= 11 is 0. The van der Waals surface area contributed by atoms with Crippen LogP contribution in [-0.2, 0) is 10.0 Å². The van der Waals surface area contributed by atoms with Gasteiger partial charge in [0.15, 0.2) is 0 Å². The molecule has 0 aliphatic rings. The molecule has 0 atom stereocenters. The van der Waals surface area contributed by atoms with Crippen molar-refractivity contribution in [1.29, 1.82) is 0 Å². The fourth-order valence-corrected chi connectivity index (χ4v) is 5.18. The lowest BCUT2D eigenvalue weighted by atomic mass is 9.99. The molecule has 0 amide bonds. The van der Waals surface area contributed by atoms with Crippen LogP contribution in [0, 0.1) is 0 Å². The number of ether oxygens (including phenoxy) is 1. The summed E-state index contributed by atoms with van der Waals surface area (Å²) in [6.45, 7) is 0. The van der Waals surface area contributed by atoms with Gasteiger partial charge in [0, 0.05) is 12.4 Å². The fraction of sp³-hybridized carbons (Fsp3) is 0.0357. The molecule has 5 aromatic rings. The maximum atomic E-state index is 13.4. The molecule has 0 radical (unpaired) electrons. The summed E-state index contributed by atoms with van der Waals surface area (Å²) in [6.07, 6.45) is 2.81. The number of hydrogen-bond acceptors (Lipinski definition) is 4. The minimum absolute atomic E-state index is 0.00580. The summed E-state index contributed by atoms with van der Waals surface area (Å²) in [5, 5.41) is 0. The van der Waals surface area contributed by atoms with E-state index in [4.69, 9.17) is 4.74 Å². The Morgan fingerprint density at radius 1 is 0.600 bits per heavy atom. The molecule has 0 bridgehead atoms. The first-order chi connectivity index (χ1) is 17.0. The van der Waals surface area contributed by atoms with Crippen LogP contribution in [0.4, 0.5) is 0 Å². The van der Waals surface area contributed by atoms with Crippen LogP contribution in [0.25, 0.3) is 0 Å². The molecule has 0 unspecified atom stereocenters. The van der Waals surface area contributed by atoms with Crippen LogP contribution in [0.5, 0.6) is 11.5 Å². The van der Waals surface area contributed by atoms with Crippen molar-refractivity contribution < 1.29 is 13.2 Å². The van der Waals surface area contributed by atoms with Crippen LogP contribution in [0.2, 0.25) is 0 Å². The summed E-state index contributed by atoms with van der Waals surface area (Å²) < 4.78 is 34.6. The minimum Gasteiger partial charge on any atom is -0.457 e. The van der Waals surface area contributed by atoms with Crippen molar-refractivity contribution in [2.24, 2.45) is 0 Å². The second kappa shape index (κ2) is 9.48. The molecule has 35 heavy (non-hydrogen) atoms. The molecule has 7 heteroatoms. The van der Waals surface area contributed by atoms with Crippen LogP contribution in [0.15, 0.2) is 137 Å². The van der Waals surface area contributed by atoms with Gasteiger partial charge in [-0.1, -0.05) is 78.9 Å². The largest absolute Gasteiger partial charge is 0.457 e. The monoisotopic (exact) mass is 482 g/mol. The first-order valence-corrected chi connectivity index (χ1v) is 12.5. The van der Waals surface area contributed by atoms with Crippen LogP contribution in [-0.4, -0.2) is 17.0 Å². The molecule has 0 saturated carbocycles. The van der Waals surface area contributed by atoms with Crippen molar-refractivity contribution in [3.8, 4) is 11.5 Å². The number of aromatic nitrogens is 2. The molecular weight excluding hydrogens is 460 g/mol. The molecule has 0 aliphatic carbocycles. The van der Waals surface area contributed by atoms with Crippen molar-refractivity contribution in [1.82, 2.24) is 8.54 Å². The lowest BCUT2D eigenvalue weighted by Crippen LogP contribution is -2.32. The zero-order valence-corrected chi connectivity index (χ0v) is 19.5. The van der Waals surface area contributed by atoms with E-state index in [2.05, 4.69) is 0 Å². The van der Waals surface area contributed by atoms with Gasteiger partial charge in [0.25, 0.3) is 10.0 Å². The molecule has 0 saturated heterocycles. The smallest absolute Gasteiger partial charge is 0.343 e. The molecule has 5 rings (SSSR count). The molecule has 0 fully saturated rings. The number of imidazole rings is 1. The van der Waals surface area contributed by atoms with Gasteiger partial charge in [-0.25, -0.2) is 13.2 Å². The molecule has 4 aromatic carbocycles. The highest BCUT2D eigenvalue weighted by Crippen LogP contribution is 2.26. The fourth-order valence-electron chi connectivity index (χ4n) is 3.96. The summed E-state index contributed by atoms with van der Waals surface area (Å²) in [7, 11) is -4.11. The standard InChI is InChI=1S/C28H22N2O4S/c31-28-29(27(22-10-4-1-5-11-22)23-12-6-2-7-13-23)20-21-30(28)35(32,33)26-18-16-25(17-19-26)34-24-14-8-3-9-15-24/h1-21,27H. The van der Waals surface area contributed by atoms with E-state index in [1.807, 2.05) is 91.0 Å². The first kappa shape index (κ1) is 22.4. The minimum atomic E-state index is -4.11. The molecular formula is C28H22N2O4S. The van der Waals surface area contributed by atoms with Crippen LogP contribution in [0.3, 0.4) is 0 Å². The van der Waals surface area contributed by atoms with Crippen LogP contribution < -0.4 is 10.4 Å². The summed E-state index contributed by atoms with van der Waals surface area (Å²) in [5.74, 6) is 1.14. The molecule has 0 aliphatic heterocycles. The van der Waals surface area contributed by atoms with E-state index in [-0.39, 0.29) is 4.90 Å². The SMILES string of the molecule is O=c1n(C(c2ccccc2)c2ccccc2)ccn1S(=O)(=O)c1ccc(Oc2ccccc2)cc1. The number of hydrogen-bond donors (Lipinski definition) is 0. The maximum absolute atomic E-state index is 13.4.